The van der Waals surface area contributed by atoms with Gasteiger partial charge in [-0.15, -0.1) is 0 Å². The van der Waals surface area contributed by atoms with Gasteiger partial charge in [0.2, 0.25) is 5.91 Å². The van der Waals surface area contributed by atoms with E-state index in [1.807, 2.05) is 29.2 Å². The van der Waals surface area contributed by atoms with Crippen molar-refractivity contribution >= 4 is 34.2 Å². The van der Waals surface area contributed by atoms with Crippen molar-refractivity contribution < 1.29 is 4.79 Å². The van der Waals surface area contributed by atoms with Crippen LogP contribution in [-0.4, -0.2) is 30.4 Å². The lowest BCUT2D eigenvalue weighted by Gasteiger charge is -2.15. The van der Waals surface area contributed by atoms with Crippen LogP contribution in [0.4, 0.5) is 5.69 Å². The summed E-state index contributed by atoms with van der Waals surface area (Å²) in [7, 11) is 0. The van der Waals surface area contributed by atoms with Crippen molar-refractivity contribution in [2.24, 2.45) is 0 Å². The summed E-state index contributed by atoms with van der Waals surface area (Å²) in [6.07, 6.45) is 2.30. The molecule has 0 bridgehead atoms. The third-order valence-electron chi connectivity index (χ3n) is 2.75. The topological polar surface area (TPSA) is 32.3 Å². The molecule has 1 aliphatic rings. The van der Waals surface area contributed by atoms with Gasteiger partial charge in [-0.3, -0.25) is 4.79 Å². The number of benzene rings is 1. The van der Waals surface area contributed by atoms with Crippen LogP contribution in [0.3, 0.4) is 0 Å². The Balaban J connectivity index is 1.82. The first-order valence-corrected chi connectivity index (χ1v) is 6.61. The average Bonchev–Trinajstić information content (AvgIpc) is 2.81. The van der Waals surface area contributed by atoms with E-state index >= 15 is 0 Å². The Bertz CT molecular complexity index is 358. The Kier molecular flexibility index (Phi) is 4.04. The van der Waals surface area contributed by atoms with E-state index in [4.69, 9.17) is 0 Å². The van der Waals surface area contributed by atoms with Gasteiger partial charge in [0.1, 0.15) is 0 Å². The highest BCUT2D eigenvalue weighted by atomic mass is 127. The van der Waals surface area contributed by atoms with E-state index in [0.29, 0.717) is 6.54 Å². The third-order valence-corrected chi connectivity index (χ3v) is 3.47. The third kappa shape index (κ3) is 3.10. The minimum Gasteiger partial charge on any atom is -0.376 e. The van der Waals surface area contributed by atoms with Crippen LogP contribution in [0, 0.1) is 3.57 Å². The number of rotatable bonds is 3. The number of anilines is 1. The number of halogens is 1. The maximum Gasteiger partial charge on any atom is 0.241 e. The number of amides is 1. The van der Waals surface area contributed by atoms with Gasteiger partial charge >= 0.3 is 0 Å². The molecule has 1 aliphatic heterocycles. The molecule has 1 N–H and O–H groups in total. The predicted octanol–water partition coefficient (Wildman–Crippen LogP) is 2.33. The van der Waals surface area contributed by atoms with Gasteiger partial charge in [0.15, 0.2) is 0 Å². The molecule has 1 aromatic rings. The van der Waals surface area contributed by atoms with E-state index < -0.39 is 0 Å². The van der Waals surface area contributed by atoms with Crippen LogP contribution in [0.1, 0.15) is 12.8 Å². The Labute approximate surface area is 109 Å². The van der Waals surface area contributed by atoms with E-state index in [1.165, 1.54) is 3.57 Å². The largest absolute Gasteiger partial charge is 0.376 e. The highest BCUT2D eigenvalue weighted by Gasteiger charge is 2.16. The summed E-state index contributed by atoms with van der Waals surface area (Å²) in [5.41, 5.74) is 1.01. The second-order valence-electron chi connectivity index (χ2n) is 3.95. The fourth-order valence-electron chi connectivity index (χ4n) is 1.82. The van der Waals surface area contributed by atoms with Crippen molar-refractivity contribution in [1.82, 2.24) is 4.90 Å². The molecule has 1 heterocycles. The standard InChI is InChI=1S/C12H15IN2O/c13-10-3-5-11(6-4-10)14-9-12(16)15-7-1-2-8-15/h3-6,14H,1-2,7-9H2. The second kappa shape index (κ2) is 5.52. The number of hydrogen-bond acceptors (Lipinski definition) is 2. The van der Waals surface area contributed by atoms with Crippen LogP contribution in [0.25, 0.3) is 0 Å². The van der Waals surface area contributed by atoms with Crippen LogP contribution in [0.2, 0.25) is 0 Å². The number of nitrogens with zero attached hydrogens (tertiary/aromatic N) is 1. The van der Waals surface area contributed by atoms with Crippen molar-refractivity contribution in [1.29, 1.82) is 0 Å². The first kappa shape index (κ1) is 11.7. The SMILES string of the molecule is O=C(CNc1ccc(I)cc1)N1CCCC1. The number of likely N-dealkylation sites (tertiary alicyclic amines) is 1. The summed E-state index contributed by atoms with van der Waals surface area (Å²) in [6.45, 7) is 2.25. The van der Waals surface area contributed by atoms with Crippen LogP contribution in [-0.2, 0) is 4.79 Å². The van der Waals surface area contributed by atoms with Gasteiger partial charge in [0.05, 0.1) is 6.54 Å². The fourth-order valence-corrected chi connectivity index (χ4v) is 2.18. The summed E-state index contributed by atoms with van der Waals surface area (Å²) in [5, 5.41) is 3.15. The Morgan fingerprint density at radius 3 is 2.50 bits per heavy atom. The van der Waals surface area contributed by atoms with Crippen LogP contribution in [0.5, 0.6) is 0 Å². The van der Waals surface area contributed by atoms with Crippen LogP contribution < -0.4 is 5.32 Å². The number of nitrogens with one attached hydrogen (secondary N) is 1. The van der Waals surface area contributed by atoms with Gasteiger partial charge in [-0.05, 0) is 59.7 Å². The molecular weight excluding hydrogens is 315 g/mol. The van der Waals surface area contributed by atoms with Crippen molar-refractivity contribution in [3.63, 3.8) is 0 Å². The molecule has 2 rings (SSSR count). The molecule has 0 atom stereocenters. The normalized spacial score (nSPS) is 15.2. The Morgan fingerprint density at radius 1 is 1.25 bits per heavy atom. The smallest absolute Gasteiger partial charge is 0.241 e. The van der Waals surface area contributed by atoms with E-state index in [9.17, 15) is 4.79 Å². The molecule has 0 unspecified atom stereocenters. The number of carbonyl (C=O) groups excluding carboxylic acids is 1. The van der Waals surface area contributed by atoms with Crippen LogP contribution in [0.15, 0.2) is 24.3 Å². The van der Waals surface area contributed by atoms with Crippen molar-refractivity contribution in [2.45, 2.75) is 12.8 Å². The van der Waals surface area contributed by atoms with E-state index in [-0.39, 0.29) is 5.91 Å². The molecule has 0 spiro atoms. The second-order valence-corrected chi connectivity index (χ2v) is 5.19. The molecule has 86 valence electrons. The van der Waals surface area contributed by atoms with Gasteiger partial charge in [0.25, 0.3) is 0 Å². The number of carbonyl (C=O) groups is 1. The van der Waals surface area contributed by atoms with Gasteiger partial charge < -0.3 is 10.2 Å². The minimum absolute atomic E-state index is 0.205. The molecule has 1 aromatic carbocycles. The zero-order chi connectivity index (χ0) is 11.4. The summed E-state index contributed by atoms with van der Waals surface area (Å²) >= 11 is 2.27. The molecule has 16 heavy (non-hydrogen) atoms. The highest BCUT2D eigenvalue weighted by Crippen LogP contribution is 2.12. The summed E-state index contributed by atoms with van der Waals surface area (Å²) in [6, 6.07) is 8.06. The number of hydrogen-bond donors (Lipinski definition) is 1. The van der Waals surface area contributed by atoms with Crippen molar-refractivity contribution in [2.75, 3.05) is 25.0 Å². The lowest BCUT2D eigenvalue weighted by Crippen LogP contribution is -2.32. The van der Waals surface area contributed by atoms with E-state index in [2.05, 4.69) is 27.9 Å². The summed E-state index contributed by atoms with van der Waals surface area (Å²) in [4.78, 5) is 13.7. The van der Waals surface area contributed by atoms with E-state index in [1.54, 1.807) is 0 Å². The van der Waals surface area contributed by atoms with Crippen molar-refractivity contribution in [3.8, 4) is 0 Å². The molecule has 0 radical (unpaired) electrons. The predicted molar refractivity (Wildman–Crippen MR) is 73.5 cm³/mol. The van der Waals surface area contributed by atoms with E-state index in [0.717, 1.165) is 31.6 Å². The molecule has 1 amide bonds. The average molecular weight is 330 g/mol. The first-order chi connectivity index (χ1) is 7.75. The molecule has 3 nitrogen and oxygen atoms in total. The minimum atomic E-state index is 0.205. The molecular formula is C12H15IN2O. The maximum atomic E-state index is 11.7. The van der Waals surface area contributed by atoms with Gasteiger partial charge in [0, 0.05) is 22.3 Å². The van der Waals surface area contributed by atoms with Gasteiger partial charge in [-0.2, -0.15) is 0 Å². The first-order valence-electron chi connectivity index (χ1n) is 5.53. The highest BCUT2D eigenvalue weighted by molar-refractivity contribution is 14.1. The van der Waals surface area contributed by atoms with Crippen LogP contribution >= 0.6 is 22.6 Å². The zero-order valence-corrected chi connectivity index (χ0v) is 11.2. The fraction of sp³-hybridized carbons (Fsp3) is 0.417. The molecule has 4 heteroatoms. The molecule has 1 saturated heterocycles. The van der Waals surface area contributed by atoms with Crippen molar-refractivity contribution in [3.05, 3.63) is 27.8 Å². The van der Waals surface area contributed by atoms with Gasteiger partial charge in [-0.25, -0.2) is 0 Å². The monoisotopic (exact) mass is 330 g/mol. The Hall–Kier alpha value is -0.780. The summed E-state index contributed by atoms with van der Waals surface area (Å²) in [5.74, 6) is 0.205. The van der Waals surface area contributed by atoms with Gasteiger partial charge in [-0.1, -0.05) is 0 Å². The quantitative estimate of drug-likeness (QED) is 0.863. The lowest BCUT2D eigenvalue weighted by molar-refractivity contribution is -0.128. The molecule has 0 aromatic heterocycles. The zero-order valence-electron chi connectivity index (χ0n) is 9.08. The lowest BCUT2D eigenvalue weighted by atomic mass is 10.3. The maximum absolute atomic E-state index is 11.7. The molecule has 1 fully saturated rings. The Morgan fingerprint density at radius 2 is 1.88 bits per heavy atom. The molecule has 0 aliphatic carbocycles. The molecule has 0 saturated carbocycles. The summed E-state index contributed by atoms with van der Waals surface area (Å²) < 4.78 is 1.20.